The van der Waals surface area contributed by atoms with Crippen molar-refractivity contribution in [1.82, 2.24) is 9.55 Å². The van der Waals surface area contributed by atoms with E-state index in [-0.39, 0.29) is 0 Å². The Balaban J connectivity index is 2.59. The number of aromatic nitrogens is 2. The summed E-state index contributed by atoms with van der Waals surface area (Å²) >= 11 is 0. The zero-order valence-corrected chi connectivity index (χ0v) is 8.14. The summed E-state index contributed by atoms with van der Waals surface area (Å²) in [7, 11) is 1.62. The Labute approximate surface area is 81.8 Å². The molecule has 0 spiro atoms. The van der Waals surface area contributed by atoms with E-state index in [1.54, 1.807) is 24.9 Å². The summed E-state index contributed by atoms with van der Waals surface area (Å²) in [6, 6.07) is 5.57. The van der Waals surface area contributed by atoms with Crippen LogP contribution in [0.25, 0.3) is 11.0 Å². The smallest absolute Gasteiger partial charge is 0.129 e. The quantitative estimate of drug-likeness (QED) is 0.785. The highest BCUT2D eigenvalue weighted by atomic mass is 16.5. The molecule has 74 valence electrons. The van der Waals surface area contributed by atoms with Gasteiger partial charge in [-0.2, -0.15) is 0 Å². The van der Waals surface area contributed by atoms with Gasteiger partial charge in [0.15, 0.2) is 0 Å². The zero-order valence-electron chi connectivity index (χ0n) is 8.14. The minimum absolute atomic E-state index is 0.562. The number of ether oxygens (including phenoxy) is 1. The molecule has 0 fully saturated rings. The lowest BCUT2D eigenvalue weighted by molar-refractivity contribution is 0.129. The van der Waals surface area contributed by atoms with Gasteiger partial charge in [0, 0.05) is 6.07 Å². The summed E-state index contributed by atoms with van der Waals surface area (Å²) in [5.74, 6) is 0.772. The first-order valence-corrected chi connectivity index (χ1v) is 4.41. The molecule has 0 aliphatic heterocycles. The van der Waals surface area contributed by atoms with Gasteiger partial charge < -0.3 is 14.4 Å². The molecule has 14 heavy (non-hydrogen) atoms. The Morgan fingerprint density at radius 3 is 2.93 bits per heavy atom. The van der Waals surface area contributed by atoms with Crippen molar-refractivity contribution in [1.29, 1.82) is 0 Å². The first-order valence-electron chi connectivity index (χ1n) is 4.41. The van der Waals surface area contributed by atoms with Crippen LogP contribution in [0.5, 0.6) is 5.75 Å². The van der Waals surface area contributed by atoms with Crippen molar-refractivity contribution in [2.24, 2.45) is 0 Å². The number of hydrogen-bond acceptors (Lipinski definition) is 3. The largest absolute Gasteiger partial charge is 0.497 e. The van der Waals surface area contributed by atoms with Crippen LogP contribution in [0.4, 0.5) is 0 Å². The van der Waals surface area contributed by atoms with E-state index in [1.165, 1.54) is 0 Å². The molecule has 0 saturated carbocycles. The summed E-state index contributed by atoms with van der Waals surface area (Å²) < 4.78 is 6.78. The van der Waals surface area contributed by atoms with Crippen LogP contribution in [0.3, 0.4) is 0 Å². The highest BCUT2D eigenvalue weighted by molar-refractivity contribution is 5.77. The lowest BCUT2D eigenvalue weighted by Crippen LogP contribution is -2.01. The Kier molecular flexibility index (Phi) is 2.13. The van der Waals surface area contributed by atoms with Crippen molar-refractivity contribution in [3.63, 3.8) is 0 Å². The molecular weight excluding hydrogens is 180 g/mol. The third-order valence-electron chi connectivity index (χ3n) is 2.18. The van der Waals surface area contributed by atoms with Crippen molar-refractivity contribution in [3.8, 4) is 5.75 Å². The fraction of sp³-hybridized carbons (Fsp3) is 0.300. The molecule has 0 amide bonds. The van der Waals surface area contributed by atoms with Gasteiger partial charge in [0.05, 0.1) is 24.5 Å². The molecule has 1 aromatic carbocycles. The molecule has 1 unspecified atom stereocenters. The second-order valence-corrected chi connectivity index (χ2v) is 3.14. The Morgan fingerprint density at radius 2 is 2.29 bits per heavy atom. The van der Waals surface area contributed by atoms with Crippen molar-refractivity contribution in [3.05, 3.63) is 24.5 Å². The van der Waals surface area contributed by atoms with Gasteiger partial charge in [-0.25, -0.2) is 4.98 Å². The molecule has 1 N–H and O–H groups in total. The average Bonchev–Trinajstić information content (AvgIpc) is 2.59. The van der Waals surface area contributed by atoms with E-state index in [2.05, 4.69) is 4.98 Å². The second-order valence-electron chi connectivity index (χ2n) is 3.14. The molecule has 4 heteroatoms. The van der Waals surface area contributed by atoms with Gasteiger partial charge in [0.1, 0.15) is 12.0 Å². The molecule has 1 heterocycles. The number of nitrogens with zero attached hydrogens (tertiary/aromatic N) is 2. The predicted octanol–water partition coefficient (Wildman–Crippen LogP) is 1.56. The second kappa shape index (κ2) is 3.31. The maximum Gasteiger partial charge on any atom is 0.129 e. The molecule has 1 atom stereocenters. The van der Waals surface area contributed by atoms with E-state index >= 15 is 0 Å². The van der Waals surface area contributed by atoms with Crippen LogP contribution < -0.4 is 4.74 Å². The number of fused-ring (bicyclic) bond motifs is 1. The van der Waals surface area contributed by atoms with E-state index in [4.69, 9.17) is 4.74 Å². The molecule has 0 aliphatic carbocycles. The van der Waals surface area contributed by atoms with E-state index in [1.807, 2.05) is 18.2 Å². The first kappa shape index (κ1) is 9.02. The minimum Gasteiger partial charge on any atom is -0.497 e. The zero-order chi connectivity index (χ0) is 10.1. The first-order chi connectivity index (χ1) is 6.72. The number of aliphatic hydroxyl groups excluding tert-OH is 1. The van der Waals surface area contributed by atoms with Gasteiger partial charge in [-0.3, -0.25) is 0 Å². The molecule has 0 saturated heterocycles. The normalized spacial score (nSPS) is 13.1. The van der Waals surface area contributed by atoms with Gasteiger partial charge in [0.2, 0.25) is 0 Å². The molecule has 1 aromatic heterocycles. The standard InChI is InChI=1S/C10H12N2O2/c1-7(13)12-6-11-9-5-8(14-2)3-4-10(9)12/h3-7,13H,1-2H3. The van der Waals surface area contributed by atoms with Crippen LogP contribution in [0, 0.1) is 0 Å². The molecule has 2 rings (SSSR count). The van der Waals surface area contributed by atoms with Gasteiger partial charge in [-0.1, -0.05) is 0 Å². The van der Waals surface area contributed by atoms with Crippen LogP contribution in [0.2, 0.25) is 0 Å². The van der Waals surface area contributed by atoms with Gasteiger partial charge in [-0.05, 0) is 19.1 Å². The van der Waals surface area contributed by atoms with Gasteiger partial charge in [0.25, 0.3) is 0 Å². The summed E-state index contributed by atoms with van der Waals surface area (Å²) in [4.78, 5) is 4.17. The van der Waals surface area contributed by atoms with Crippen molar-refractivity contribution in [2.45, 2.75) is 13.2 Å². The molecular formula is C10H12N2O2. The third-order valence-corrected chi connectivity index (χ3v) is 2.18. The Morgan fingerprint density at radius 1 is 1.50 bits per heavy atom. The van der Waals surface area contributed by atoms with E-state index in [0.29, 0.717) is 0 Å². The van der Waals surface area contributed by atoms with Crippen LogP contribution in [0.1, 0.15) is 13.2 Å². The molecule has 4 nitrogen and oxygen atoms in total. The Bertz CT molecular complexity index is 448. The highest BCUT2D eigenvalue weighted by Gasteiger charge is 2.06. The van der Waals surface area contributed by atoms with Crippen LogP contribution in [-0.4, -0.2) is 21.8 Å². The lowest BCUT2D eigenvalue weighted by atomic mass is 10.3. The van der Waals surface area contributed by atoms with E-state index < -0.39 is 6.23 Å². The van der Waals surface area contributed by atoms with Crippen LogP contribution in [-0.2, 0) is 0 Å². The molecule has 2 aromatic rings. The van der Waals surface area contributed by atoms with E-state index in [0.717, 1.165) is 16.8 Å². The van der Waals surface area contributed by atoms with Crippen LogP contribution >= 0.6 is 0 Å². The summed E-state index contributed by atoms with van der Waals surface area (Å²) in [6.07, 6.45) is 1.06. The molecule has 0 aliphatic rings. The highest BCUT2D eigenvalue weighted by Crippen LogP contribution is 2.21. The fourth-order valence-electron chi connectivity index (χ4n) is 1.44. The number of aliphatic hydroxyl groups is 1. The van der Waals surface area contributed by atoms with Crippen LogP contribution in [0.15, 0.2) is 24.5 Å². The monoisotopic (exact) mass is 192 g/mol. The van der Waals surface area contributed by atoms with Gasteiger partial charge in [-0.15, -0.1) is 0 Å². The topological polar surface area (TPSA) is 47.3 Å². The summed E-state index contributed by atoms with van der Waals surface area (Å²) in [5, 5.41) is 9.43. The van der Waals surface area contributed by atoms with Crippen molar-refractivity contribution in [2.75, 3.05) is 7.11 Å². The third kappa shape index (κ3) is 1.33. The number of methoxy groups -OCH3 is 1. The number of rotatable bonds is 2. The molecule has 0 radical (unpaired) electrons. The predicted molar refractivity (Wildman–Crippen MR) is 53.2 cm³/mol. The maximum absolute atomic E-state index is 9.43. The number of benzene rings is 1. The summed E-state index contributed by atoms with van der Waals surface area (Å²) in [6.45, 7) is 1.70. The molecule has 0 bridgehead atoms. The SMILES string of the molecule is COc1ccc2c(c1)ncn2C(C)O. The minimum atomic E-state index is -0.562. The fourth-order valence-corrected chi connectivity index (χ4v) is 1.44. The number of hydrogen-bond donors (Lipinski definition) is 1. The van der Waals surface area contributed by atoms with Crippen molar-refractivity contribution < 1.29 is 9.84 Å². The van der Waals surface area contributed by atoms with Gasteiger partial charge >= 0.3 is 0 Å². The Hall–Kier alpha value is -1.55. The number of imidazole rings is 1. The average molecular weight is 192 g/mol. The lowest BCUT2D eigenvalue weighted by Gasteiger charge is -2.06. The maximum atomic E-state index is 9.43. The van der Waals surface area contributed by atoms with E-state index in [9.17, 15) is 5.11 Å². The van der Waals surface area contributed by atoms with Crippen molar-refractivity contribution >= 4 is 11.0 Å². The summed E-state index contributed by atoms with van der Waals surface area (Å²) in [5.41, 5.74) is 1.73.